The number of hydrogen-bond donors (Lipinski definition) is 10. The summed E-state index contributed by atoms with van der Waals surface area (Å²) in [7, 11) is -2.55. The zero-order valence-corrected chi connectivity index (χ0v) is 63.8. The fraction of sp³-hybridized carbons (Fsp3) is 0.216. The Morgan fingerprint density at radius 1 is 0.477 bits per heavy atom. The first-order chi connectivity index (χ1) is 51.6. The summed E-state index contributed by atoms with van der Waals surface area (Å²) in [6.45, 7) is 18.9. The van der Waals surface area contributed by atoms with Crippen molar-refractivity contribution in [1.29, 1.82) is 0 Å². The van der Waals surface area contributed by atoms with Crippen LogP contribution in [0, 0.1) is 0 Å². The third-order valence-corrected chi connectivity index (χ3v) is 20.0. The van der Waals surface area contributed by atoms with Gasteiger partial charge in [-0.25, -0.2) is 65.4 Å². The molecule has 1 fully saturated rings. The molecule has 562 valence electrons. The van der Waals surface area contributed by atoms with Gasteiger partial charge in [-0.2, -0.15) is 23.7 Å². The smallest absolute Gasteiger partial charge is 0.347 e. The van der Waals surface area contributed by atoms with Crippen LogP contribution in [0.1, 0.15) is 96.1 Å². The monoisotopic (exact) mass is 1550 g/mol. The van der Waals surface area contributed by atoms with E-state index in [1.807, 2.05) is 168 Å². The minimum Gasteiger partial charge on any atom is -0.361 e. The van der Waals surface area contributed by atoms with Crippen LogP contribution < -0.4 is 57.7 Å². The molecule has 8 heterocycles. The number of pyridine rings is 1. The van der Waals surface area contributed by atoms with E-state index in [1.54, 1.807) is 74.7 Å². The summed E-state index contributed by atoms with van der Waals surface area (Å²) in [5.74, 6) is 1.91. The van der Waals surface area contributed by atoms with E-state index >= 15 is 0 Å². The van der Waals surface area contributed by atoms with Crippen molar-refractivity contribution in [2.75, 3.05) is 38.9 Å². The Balaban J connectivity index is 0.000000152. The minimum absolute atomic E-state index is 0.0290. The number of hydrazine groups is 1. The van der Waals surface area contributed by atoms with Gasteiger partial charge in [-0.15, -0.1) is 0 Å². The molecular formula is C74H76ClN21O10S3. The molecule has 0 spiro atoms. The normalized spacial score (nSPS) is 12.9. The molecule has 0 aliphatic carbocycles. The molecule has 14 rings (SSSR count). The van der Waals surface area contributed by atoms with Gasteiger partial charge in [0.05, 0.1) is 59.3 Å². The van der Waals surface area contributed by atoms with Crippen LogP contribution in [0.3, 0.4) is 0 Å². The number of nitrogens with zero attached hydrogens (tertiary/aromatic N) is 11. The molecule has 0 saturated carbocycles. The van der Waals surface area contributed by atoms with Crippen molar-refractivity contribution in [2.24, 2.45) is 0 Å². The summed E-state index contributed by atoms with van der Waals surface area (Å²) >= 11 is 7.59. The van der Waals surface area contributed by atoms with Gasteiger partial charge in [0.2, 0.25) is 0 Å². The highest BCUT2D eigenvalue weighted by molar-refractivity contribution is 7.88. The van der Waals surface area contributed by atoms with Gasteiger partial charge < -0.3 is 15.6 Å². The summed E-state index contributed by atoms with van der Waals surface area (Å²) in [4.78, 5) is 108. The van der Waals surface area contributed by atoms with Gasteiger partial charge in [-0.1, -0.05) is 133 Å². The summed E-state index contributed by atoms with van der Waals surface area (Å²) in [5.41, 5.74) is 8.30. The van der Waals surface area contributed by atoms with Gasteiger partial charge in [0, 0.05) is 103 Å². The van der Waals surface area contributed by atoms with Crippen LogP contribution >= 0.6 is 34.7 Å². The Bertz CT molecular complexity index is 5910. The fourth-order valence-electron chi connectivity index (χ4n) is 11.0. The third kappa shape index (κ3) is 18.7. The molecule has 0 atom stereocenters. The number of para-hydroxylation sites is 1. The van der Waals surface area contributed by atoms with Gasteiger partial charge in [-0.05, 0) is 120 Å². The largest absolute Gasteiger partial charge is 0.361 e. The number of H-pyrrole nitrogens is 3. The number of benzene rings is 6. The Labute approximate surface area is 636 Å². The Hall–Kier alpha value is -12.5. The van der Waals surface area contributed by atoms with E-state index in [4.69, 9.17) is 21.8 Å². The standard InChI is InChI=1S/C26H25N7O3S.C25H25N7O3S.C23H26ClN7O4S/c1-26(2,3)20-14-22(29-23(34)28-21-13-10-17-6-4-5-7-19(17)27-21)33(31-20)18-11-8-16(9-12-18)15-32-24(35)30-25(36)37-32;1-25(2,3)20-13-21(28-22(33)27-17-6-9-19-16(12-17)10-11-26-19)32(30-20)18-7-4-15(5-8-18)14-31-23(34)29-24(35)36-31;1-23(2,3)19-13-20(26-21(32)25-17-9-7-16(24)8-10-17)31(27-19)18-11-5-15(6-12-18)14-30-29(4)22(33)28-36(30,34)35/h4-14H,15H2,1-3H3,(H,30,35,36)(H2,27,28,29,34);4-13,26H,14H2,1-3H3,(H2,27,28,33)(H,29,34,35);5-13H,14H2,1-4H3,(H,28,33)(H2,25,26,32). The van der Waals surface area contributed by atoms with Crippen LogP contribution in [0.25, 0.3) is 38.9 Å². The number of nitrogens with one attached hydrogen (secondary N) is 10. The molecule has 7 aromatic heterocycles. The van der Waals surface area contributed by atoms with E-state index < -0.39 is 39.7 Å². The summed E-state index contributed by atoms with van der Waals surface area (Å²) < 4.78 is 34.9. The maximum absolute atomic E-state index is 12.9. The Morgan fingerprint density at radius 2 is 0.908 bits per heavy atom. The van der Waals surface area contributed by atoms with Gasteiger partial charge in [0.15, 0.2) is 0 Å². The van der Waals surface area contributed by atoms with Crippen molar-refractivity contribution in [3.8, 4) is 17.1 Å². The second-order valence-corrected chi connectivity index (χ2v) is 32.3. The summed E-state index contributed by atoms with van der Waals surface area (Å²) in [6, 6.07) is 51.0. The number of fused-ring (bicyclic) bond motifs is 2. The lowest BCUT2D eigenvalue weighted by atomic mass is 9.92. The molecule has 109 heavy (non-hydrogen) atoms. The highest BCUT2D eigenvalue weighted by Gasteiger charge is 2.39. The molecule has 0 unspecified atom stereocenters. The van der Waals surface area contributed by atoms with Gasteiger partial charge in [-0.3, -0.25) is 40.8 Å². The molecule has 8 amide bonds. The van der Waals surface area contributed by atoms with E-state index in [0.717, 1.165) is 93.9 Å². The van der Waals surface area contributed by atoms with Crippen LogP contribution in [0.4, 0.5) is 53.8 Å². The molecular weight excluding hydrogens is 1470 g/mol. The quantitative estimate of drug-likeness (QED) is 0.0456. The van der Waals surface area contributed by atoms with Gasteiger partial charge in [0.25, 0.3) is 0 Å². The van der Waals surface area contributed by atoms with Crippen molar-refractivity contribution < 1.29 is 27.6 Å². The predicted molar refractivity (Wildman–Crippen MR) is 424 cm³/mol. The zero-order valence-electron chi connectivity index (χ0n) is 60.5. The van der Waals surface area contributed by atoms with Crippen molar-refractivity contribution in [3.63, 3.8) is 0 Å². The number of carbonyl (C=O) groups is 4. The molecule has 35 heteroatoms. The lowest BCUT2D eigenvalue weighted by Crippen LogP contribution is -2.36. The number of hydrogen-bond acceptors (Lipinski definition) is 16. The zero-order chi connectivity index (χ0) is 77.9. The predicted octanol–water partition coefficient (Wildman–Crippen LogP) is 12.7. The van der Waals surface area contributed by atoms with Crippen molar-refractivity contribution >= 4 is 125 Å². The third-order valence-electron chi connectivity index (χ3n) is 16.8. The molecule has 10 N–H and O–H groups in total. The SMILES string of the molecule is CC(C)(C)c1cc(NC(=O)Nc2ccc3[nH]ccc3c2)n(-c2ccc(Cn3sc(=O)[nH]c3=O)cc2)n1.CC(C)(C)c1cc(NC(=O)Nc2ccc3ccccc3n2)n(-c2ccc(Cn3sc(=O)[nH]c3=O)cc2)n1.CN1C(=O)NS(=O)(=O)N1Cc1ccc(-n2nc(C(C)(C)C)cc2NC(=O)Nc2ccc(Cl)cc2)cc1. The number of carbonyl (C=O) groups excluding carboxylic acids is 4. The lowest BCUT2D eigenvalue weighted by molar-refractivity contribution is 0.132. The number of halogens is 1. The van der Waals surface area contributed by atoms with Crippen LogP contribution in [0.2, 0.25) is 5.02 Å². The Morgan fingerprint density at radius 3 is 1.34 bits per heavy atom. The molecule has 31 nitrogen and oxygen atoms in total. The van der Waals surface area contributed by atoms with E-state index in [1.165, 1.54) is 15.0 Å². The first kappa shape index (κ1) is 76.2. The number of rotatable bonds is 15. The van der Waals surface area contributed by atoms with E-state index in [-0.39, 0.29) is 51.7 Å². The first-order valence-corrected chi connectivity index (χ1v) is 37.2. The van der Waals surface area contributed by atoms with E-state index in [0.29, 0.717) is 50.9 Å². The van der Waals surface area contributed by atoms with Crippen LogP contribution in [-0.4, -0.2) is 106 Å². The molecule has 0 radical (unpaired) electrons. The topological polar surface area (TPSA) is 385 Å². The average Bonchev–Trinajstić information content (AvgIpc) is 1.66. The highest BCUT2D eigenvalue weighted by atomic mass is 35.5. The lowest BCUT2D eigenvalue weighted by Gasteiger charge is -2.20. The van der Waals surface area contributed by atoms with Crippen LogP contribution in [-0.2, 0) is 46.1 Å². The number of amides is 8. The van der Waals surface area contributed by atoms with Crippen LogP contribution in [0.15, 0.2) is 201 Å². The molecule has 1 saturated heterocycles. The molecule has 0 bridgehead atoms. The van der Waals surface area contributed by atoms with E-state index in [9.17, 15) is 46.8 Å². The number of aromatic amines is 3. The number of aromatic nitrogens is 12. The first-order valence-electron chi connectivity index (χ1n) is 33.9. The molecule has 13 aromatic rings. The fourth-order valence-corrected chi connectivity index (χ4v) is 13.6. The summed E-state index contributed by atoms with van der Waals surface area (Å²) in [6.07, 6.45) is 1.85. The van der Waals surface area contributed by atoms with Crippen LogP contribution in [0.5, 0.6) is 0 Å². The van der Waals surface area contributed by atoms with Crippen molar-refractivity contribution in [3.05, 3.63) is 261 Å². The second-order valence-electron chi connectivity index (χ2n) is 28.2. The Kier molecular flexibility index (Phi) is 21.8. The summed E-state index contributed by atoms with van der Waals surface area (Å²) in [5, 5.41) is 34.8. The molecule has 1 aliphatic rings. The van der Waals surface area contributed by atoms with Gasteiger partial charge >= 0.3 is 55.5 Å². The van der Waals surface area contributed by atoms with Gasteiger partial charge in [0.1, 0.15) is 23.3 Å². The number of anilines is 6. The van der Waals surface area contributed by atoms with E-state index in [2.05, 4.69) is 77.7 Å². The number of urea groups is 4. The molecule has 1 aliphatic heterocycles. The minimum atomic E-state index is -3.93. The van der Waals surface area contributed by atoms with Crippen molar-refractivity contribution in [2.45, 2.75) is 98.2 Å². The second kappa shape index (κ2) is 31.1. The molecule has 6 aromatic carbocycles. The maximum atomic E-state index is 12.9. The highest BCUT2D eigenvalue weighted by Crippen LogP contribution is 2.32. The average molecular weight is 1550 g/mol. The maximum Gasteiger partial charge on any atom is 0.347 e. The van der Waals surface area contributed by atoms with Crippen molar-refractivity contribution in [1.82, 2.24) is 71.3 Å².